The van der Waals surface area contributed by atoms with Crippen molar-refractivity contribution in [2.45, 2.75) is 46.2 Å². The Bertz CT molecular complexity index is 434. The largest absolute Gasteiger partial charge is 0.454 e. The monoisotopic (exact) mass is 327 g/mol. The van der Waals surface area contributed by atoms with Crippen LogP contribution in [0.15, 0.2) is 16.6 Å². The molecule has 1 aromatic carbocycles. The second-order valence-electron chi connectivity index (χ2n) is 5.55. The number of halogens is 1. The van der Waals surface area contributed by atoms with Gasteiger partial charge in [-0.3, -0.25) is 0 Å². The number of benzene rings is 1. The highest BCUT2D eigenvalue weighted by atomic mass is 79.9. The minimum atomic E-state index is 0.323. The van der Waals surface area contributed by atoms with Crippen LogP contribution < -0.4 is 14.8 Å². The van der Waals surface area contributed by atoms with Crippen molar-refractivity contribution in [3.05, 3.63) is 22.2 Å². The van der Waals surface area contributed by atoms with Crippen LogP contribution in [0.3, 0.4) is 0 Å². The van der Waals surface area contributed by atoms with Crippen LogP contribution in [0, 0.1) is 5.92 Å². The molecule has 0 saturated heterocycles. The van der Waals surface area contributed by atoms with E-state index >= 15 is 0 Å². The Balaban J connectivity index is 1.89. The van der Waals surface area contributed by atoms with Crippen LogP contribution in [0.5, 0.6) is 11.5 Å². The van der Waals surface area contributed by atoms with Gasteiger partial charge in [0.05, 0.1) is 0 Å². The van der Waals surface area contributed by atoms with Gasteiger partial charge in [0.15, 0.2) is 11.5 Å². The van der Waals surface area contributed by atoms with E-state index in [-0.39, 0.29) is 0 Å². The average Bonchev–Trinajstić information content (AvgIpc) is 2.80. The van der Waals surface area contributed by atoms with Crippen molar-refractivity contribution in [3.63, 3.8) is 0 Å². The molecule has 3 nitrogen and oxygen atoms in total. The lowest BCUT2D eigenvalue weighted by molar-refractivity contribution is 0.174. The normalized spacial score (nSPS) is 15.0. The number of fused-ring (bicyclic) bond motifs is 1. The smallest absolute Gasteiger partial charge is 0.231 e. The molecule has 2 rings (SSSR count). The molecule has 1 aliphatic rings. The minimum absolute atomic E-state index is 0.323. The first-order valence-corrected chi connectivity index (χ1v) is 7.67. The first kappa shape index (κ1) is 14.7. The zero-order valence-corrected chi connectivity index (χ0v) is 13.4. The van der Waals surface area contributed by atoms with Crippen molar-refractivity contribution in [2.75, 3.05) is 6.79 Å². The highest BCUT2D eigenvalue weighted by molar-refractivity contribution is 9.10. The van der Waals surface area contributed by atoms with Crippen molar-refractivity contribution in [1.82, 2.24) is 5.32 Å². The van der Waals surface area contributed by atoms with Gasteiger partial charge in [0, 0.05) is 17.1 Å². The first-order chi connectivity index (χ1) is 9.06. The van der Waals surface area contributed by atoms with E-state index in [1.165, 1.54) is 18.4 Å². The molecule has 1 atom stereocenters. The van der Waals surface area contributed by atoms with Crippen LogP contribution in [-0.2, 0) is 6.54 Å². The van der Waals surface area contributed by atoms with Crippen LogP contribution in [0.25, 0.3) is 0 Å². The van der Waals surface area contributed by atoms with Gasteiger partial charge < -0.3 is 14.8 Å². The maximum atomic E-state index is 5.41. The molecular weight excluding hydrogens is 306 g/mol. The number of hydrogen-bond acceptors (Lipinski definition) is 3. The van der Waals surface area contributed by atoms with Crippen molar-refractivity contribution in [1.29, 1.82) is 0 Å². The molecule has 1 heterocycles. The van der Waals surface area contributed by atoms with Crippen molar-refractivity contribution in [2.24, 2.45) is 5.92 Å². The summed E-state index contributed by atoms with van der Waals surface area (Å²) in [6.07, 6.45) is 2.47. The zero-order valence-electron chi connectivity index (χ0n) is 11.8. The molecule has 0 saturated carbocycles. The molecule has 4 heteroatoms. The molecule has 0 radical (unpaired) electrons. The lowest BCUT2D eigenvalue weighted by Gasteiger charge is -2.16. The SMILES string of the molecule is CC(C)CCC(C)NCc1cc2c(cc1Br)OCO2. The van der Waals surface area contributed by atoms with Crippen molar-refractivity contribution in [3.8, 4) is 11.5 Å². The first-order valence-electron chi connectivity index (χ1n) is 6.87. The highest BCUT2D eigenvalue weighted by Gasteiger charge is 2.16. The Morgan fingerprint density at radius 1 is 1.16 bits per heavy atom. The van der Waals surface area contributed by atoms with Gasteiger partial charge in [0.1, 0.15) is 0 Å². The topological polar surface area (TPSA) is 30.5 Å². The van der Waals surface area contributed by atoms with Crippen LogP contribution in [0.2, 0.25) is 0 Å². The number of hydrogen-bond donors (Lipinski definition) is 1. The van der Waals surface area contributed by atoms with Gasteiger partial charge in [0.25, 0.3) is 0 Å². The van der Waals surface area contributed by atoms with Crippen LogP contribution in [-0.4, -0.2) is 12.8 Å². The summed E-state index contributed by atoms with van der Waals surface area (Å²) in [4.78, 5) is 0. The van der Waals surface area contributed by atoms with Gasteiger partial charge in [-0.05, 0) is 43.4 Å². The van der Waals surface area contributed by atoms with Crippen LogP contribution >= 0.6 is 15.9 Å². The molecule has 106 valence electrons. The highest BCUT2D eigenvalue weighted by Crippen LogP contribution is 2.36. The molecular formula is C15H22BrNO2. The Kier molecular flexibility index (Phi) is 5.11. The summed E-state index contributed by atoms with van der Waals surface area (Å²) in [7, 11) is 0. The quantitative estimate of drug-likeness (QED) is 0.853. The fraction of sp³-hybridized carbons (Fsp3) is 0.600. The van der Waals surface area contributed by atoms with Gasteiger partial charge in [-0.2, -0.15) is 0 Å². The van der Waals surface area contributed by atoms with E-state index in [0.29, 0.717) is 12.8 Å². The Hall–Kier alpha value is -0.740. The van der Waals surface area contributed by atoms with E-state index in [1.807, 2.05) is 6.07 Å². The number of rotatable bonds is 6. The summed E-state index contributed by atoms with van der Waals surface area (Å²) in [6.45, 7) is 7.94. The fourth-order valence-corrected chi connectivity index (χ4v) is 2.53. The summed E-state index contributed by atoms with van der Waals surface area (Å²) in [5.41, 5.74) is 1.21. The summed E-state index contributed by atoms with van der Waals surface area (Å²) in [6, 6.07) is 4.56. The maximum Gasteiger partial charge on any atom is 0.231 e. The van der Waals surface area contributed by atoms with E-state index < -0.39 is 0 Å². The van der Waals surface area contributed by atoms with E-state index in [0.717, 1.165) is 28.4 Å². The minimum Gasteiger partial charge on any atom is -0.454 e. The van der Waals surface area contributed by atoms with Gasteiger partial charge in [-0.1, -0.05) is 29.8 Å². The van der Waals surface area contributed by atoms with Crippen LogP contribution in [0.1, 0.15) is 39.2 Å². The Labute approximate surface area is 123 Å². The second kappa shape index (κ2) is 6.62. The molecule has 1 aliphatic heterocycles. The molecule has 0 aliphatic carbocycles. The third-order valence-electron chi connectivity index (χ3n) is 3.36. The summed E-state index contributed by atoms with van der Waals surface area (Å²) >= 11 is 3.59. The number of ether oxygens (including phenoxy) is 2. The third kappa shape index (κ3) is 4.11. The van der Waals surface area contributed by atoms with Crippen LogP contribution in [0.4, 0.5) is 0 Å². The zero-order chi connectivity index (χ0) is 13.8. The molecule has 0 spiro atoms. The molecule has 0 amide bonds. The maximum absolute atomic E-state index is 5.41. The summed E-state index contributed by atoms with van der Waals surface area (Å²) in [5.74, 6) is 2.43. The van der Waals surface area contributed by atoms with Crippen molar-refractivity contribution < 1.29 is 9.47 Å². The predicted octanol–water partition coefficient (Wildman–Crippen LogP) is 4.09. The molecule has 1 aromatic rings. The molecule has 1 N–H and O–H groups in total. The lowest BCUT2D eigenvalue weighted by Crippen LogP contribution is -2.25. The van der Waals surface area contributed by atoms with E-state index in [2.05, 4.69) is 48.1 Å². The molecule has 0 fully saturated rings. The van der Waals surface area contributed by atoms with E-state index in [4.69, 9.17) is 9.47 Å². The lowest BCUT2D eigenvalue weighted by atomic mass is 10.0. The fourth-order valence-electron chi connectivity index (χ4n) is 2.06. The third-order valence-corrected chi connectivity index (χ3v) is 4.10. The Morgan fingerprint density at radius 2 is 1.84 bits per heavy atom. The summed E-state index contributed by atoms with van der Waals surface area (Å²) < 4.78 is 11.8. The van der Waals surface area contributed by atoms with E-state index in [1.54, 1.807) is 0 Å². The number of nitrogens with one attached hydrogen (secondary N) is 1. The Morgan fingerprint density at radius 3 is 2.53 bits per heavy atom. The van der Waals surface area contributed by atoms with Gasteiger partial charge >= 0.3 is 0 Å². The standard InChI is InChI=1S/C15H22BrNO2/c1-10(2)4-5-11(3)17-8-12-6-14-15(7-13(12)16)19-9-18-14/h6-7,10-11,17H,4-5,8-9H2,1-3H3. The molecule has 0 aromatic heterocycles. The molecule has 1 unspecified atom stereocenters. The summed E-state index contributed by atoms with van der Waals surface area (Å²) in [5, 5.41) is 3.56. The average molecular weight is 328 g/mol. The van der Waals surface area contributed by atoms with E-state index in [9.17, 15) is 0 Å². The van der Waals surface area contributed by atoms with Crippen molar-refractivity contribution >= 4 is 15.9 Å². The molecule has 0 bridgehead atoms. The van der Waals surface area contributed by atoms with Gasteiger partial charge in [-0.15, -0.1) is 0 Å². The van der Waals surface area contributed by atoms with Gasteiger partial charge in [-0.25, -0.2) is 0 Å². The van der Waals surface area contributed by atoms with Gasteiger partial charge in [0.2, 0.25) is 6.79 Å². The molecule has 19 heavy (non-hydrogen) atoms. The second-order valence-corrected chi connectivity index (χ2v) is 6.40. The predicted molar refractivity (Wildman–Crippen MR) is 80.6 cm³/mol.